The molecule has 1 amide bonds. The fourth-order valence-corrected chi connectivity index (χ4v) is 3.75. The number of carbonyl (C=O) groups excluding carboxylic acids is 2. The molecule has 2 aromatic rings. The zero-order valence-electron chi connectivity index (χ0n) is 15.4. The molecule has 1 N–H and O–H groups in total. The lowest BCUT2D eigenvalue weighted by Gasteiger charge is -2.23. The maximum atomic E-state index is 12.9. The minimum Gasteiger partial charge on any atom is -0.503 e. The van der Waals surface area contributed by atoms with E-state index in [-0.39, 0.29) is 11.4 Å². The number of methoxy groups -OCH3 is 1. The number of ketones is 1. The predicted molar refractivity (Wildman–Crippen MR) is 103 cm³/mol. The Hall–Kier alpha value is -2.80. The summed E-state index contributed by atoms with van der Waals surface area (Å²) in [5, 5.41) is 12.1. The van der Waals surface area contributed by atoms with Crippen molar-refractivity contribution in [3.8, 4) is 11.5 Å². The minimum absolute atomic E-state index is 0.0780. The third kappa shape index (κ3) is 3.42. The van der Waals surface area contributed by atoms with Crippen LogP contribution in [0.15, 0.2) is 47.0 Å². The number of carbonyl (C=O) groups is 2. The van der Waals surface area contributed by atoms with Gasteiger partial charge in [0, 0.05) is 7.05 Å². The number of rotatable bonds is 7. The molecule has 0 fully saturated rings. The molecular formula is C20H21NO5S. The fraction of sp³-hybridized carbons (Fsp3) is 0.300. The van der Waals surface area contributed by atoms with Gasteiger partial charge in [0.05, 0.1) is 30.2 Å². The Morgan fingerprint density at radius 2 is 2.07 bits per heavy atom. The van der Waals surface area contributed by atoms with Gasteiger partial charge in [0.15, 0.2) is 17.3 Å². The van der Waals surface area contributed by atoms with E-state index in [9.17, 15) is 14.7 Å². The monoisotopic (exact) mass is 387 g/mol. The van der Waals surface area contributed by atoms with Crippen LogP contribution in [0.3, 0.4) is 0 Å². The summed E-state index contributed by atoms with van der Waals surface area (Å²) in [6, 6.07) is 8.01. The summed E-state index contributed by atoms with van der Waals surface area (Å²) in [5.41, 5.74) is 0.740. The van der Waals surface area contributed by atoms with E-state index < -0.39 is 17.7 Å². The highest BCUT2D eigenvalue weighted by molar-refractivity contribution is 7.12. The number of aliphatic hydroxyl groups is 1. The van der Waals surface area contributed by atoms with Crippen molar-refractivity contribution in [2.45, 2.75) is 19.4 Å². The smallest absolute Gasteiger partial charge is 0.289 e. The molecule has 3 rings (SSSR count). The summed E-state index contributed by atoms with van der Waals surface area (Å²) in [4.78, 5) is 27.1. The van der Waals surface area contributed by atoms with Gasteiger partial charge in [-0.3, -0.25) is 9.59 Å². The molecule has 1 unspecified atom stereocenters. The Bertz CT molecular complexity index is 888. The third-order valence-corrected chi connectivity index (χ3v) is 5.26. The first-order valence-electron chi connectivity index (χ1n) is 8.58. The normalized spacial score (nSPS) is 16.8. The van der Waals surface area contributed by atoms with Crippen molar-refractivity contribution in [3.05, 3.63) is 57.5 Å². The van der Waals surface area contributed by atoms with Crippen LogP contribution in [-0.2, 0) is 4.79 Å². The molecule has 0 saturated heterocycles. The number of thiophene rings is 1. The van der Waals surface area contributed by atoms with Gasteiger partial charge in [-0.1, -0.05) is 19.1 Å². The van der Waals surface area contributed by atoms with Gasteiger partial charge in [0.25, 0.3) is 5.91 Å². The summed E-state index contributed by atoms with van der Waals surface area (Å²) in [6.07, 6.45) is 0.862. The molecule has 142 valence electrons. The molecule has 0 bridgehead atoms. The Morgan fingerprint density at radius 3 is 2.70 bits per heavy atom. The van der Waals surface area contributed by atoms with Crippen LogP contribution in [0.2, 0.25) is 0 Å². The second kappa shape index (κ2) is 7.84. The third-order valence-electron chi connectivity index (χ3n) is 4.39. The lowest BCUT2D eigenvalue weighted by molar-refractivity contribution is -0.128. The molecule has 0 spiro atoms. The van der Waals surface area contributed by atoms with Crippen molar-refractivity contribution in [2.24, 2.45) is 0 Å². The number of amides is 1. The zero-order chi connectivity index (χ0) is 19.6. The van der Waals surface area contributed by atoms with Crippen molar-refractivity contribution in [1.29, 1.82) is 0 Å². The van der Waals surface area contributed by atoms with Gasteiger partial charge >= 0.3 is 0 Å². The molecule has 1 aromatic heterocycles. The van der Waals surface area contributed by atoms with Crippen molar-refractivity contribution in [1.82, 2.24) is 4.90 Å². The first-order valence-corrected chi connectivity index (χ1v) is 9.46. The van der Waals surface area contributed by atoms with E-state index in [1.165, 1.54) is 23.3 Å². The average molecular weight is 387 g/mol. The number of ether oxygens (including phenoxy) is 2. The van der Waals surface area contributed by atoms with Gasteiger partial charge < -0.3 is 19.5 Å². The lowest BCUT2D eigenvalue weighted by Crippen LogP contribution is -2.26. The molecule has 1 aromatic carbocycles. The molecule has 0 radical (unpaired) electrons. The van der Waals surface area contributed by atoms with Gasteiger partial charge in [-0.15, -0.1) is 11.3 Å². The second-order valence-corrected chi connectivity index (χ2v) is 7.09. The summed E-state index contributed by atoms with van der Waals surface area (Å²) in [6.45, 7) is 2.57. The number of aliphatic hydroxyl groups excluding tert-OH is 1. The highest BCUT2D eigenvalue weighted by Crippen LogP contribution is 2.41. The Balaban J connectivity index is 2.03. The Morgan fingerprint density at radius 1 is 1.30 bits per heavy atom. The Labute approximate surface area is 161 Å². The van der Waals surface area contributed by atoms with E-state index in [0.29, 0.717) is 28.5 Å². The lowest BCUT2D eigenvalue weighted by atomic mass is 9.95. The molecule has 1 aliphatic rings. The van der Waals surface area contributed by atoms with Crippen LogP contribution < -0.4 is 9.47 Å². The quantitative estimate of drug-likeness (QED) is 0.732. The van der Waals surface area contributed by atoms with Crippen LogP contribution >= 0.6 is 11.3 Å². The molecule has 27 heavy (non-hydrogen) atoms. The molecule has 0 aliphatic carbocycles. The van der Waals surface area contributed by atoms with E-state index in [0.717, 1.165) is 6.42 Å². The molecular weight excluding hydrogens is 366 g/mol. The molecule has 0 saturated carbocycles. The van der Waals surface area contributed by atoms with Crippen LogP contribution in [0.25, 0.3) is 0 Å². The van der Waals surface area contributed by atoms with E-state index >= 15 is 0 Å². The summed E-state index contributed by atoms with van der Waals surface area (Å²) < 4.78 is 11.1. The topological polar surface area (TPSA) is 76.1 Å². The summed E-state index contributed by atoms with van der Waals surface area (Å²) >= 11 is 1.27. The number of benzene rings is 1. The number of likely N-dealkylation sites (N-methyl/N-ethyl adjacent to an activating group) is 1. The average Bonchev–Trinajstić information content (AvgIpc) is 3.29. The molecule has 2 heterocycles. The fourth-order valence-electron chi connectivity index (χ4n) is 3.07. The van der Waals surface area contributed by atoms with Crippen LogP contribution in [0, 0.1) is 0 Å². The van der Waals surface area contributed by atoms with Crippen LogP contribution in [0.4, 0.5) is 0 Å². The number of hydrogen-bond donors (Lipinski definition) is 1. The summed E-state index contributed by atoms with van der Waals surface area (Å²) in [5.74, 6) is -0.336. The SMILES string of the molecule is CCCOc1ccc(C2C(C(=O)c3cccs3)=C(O)C(=O)N2C)cc1OC. The van der Waals surface area contributed by atoms with Gasteiger partial charge in [0.1, 0.15) is 0 Å². The molecule has 1 aliphatic heterocycles. The maximum absolute atomic E-state index is 12.9. The van der Waals surface area contributed by atoms with E-state index in [1.54, 1.807) is 42.8 Å². The Kier molecular flexibility index (Phi) is 5.51. The van der Waals surface area contributed by atoms with Gasteiger partial charge in [-0.25, -0.2) is 0 Å². The van der Waals surface area contributed by atoms with Crippen molar-refractivity contribution in [3.63, 3.8) is 0 Å². The highest BCUT2D eigenvalue weighted by atomic mass is 32.1. The number of hydrogen-bond acceptors (Lipinski definition) is 6. The molecule has 6 nitrogen and oxygen atoms in total. The predicted octanol–water partition coefficient (Wildman–Crippen LogP) is 3.75. The van der Waals surface area contributed by atoms with Crippen LogP contribution in [-0.4, -0.2) is 42.5 Å². The van der Waals surface area contributed by atoms with E-state index in [1.807, 2.05) is 6.92 Å². The van der Waals surface area contributed by atoms with Gasteiger partial charge in [0.2, 0.25) is 5.78 Å². The van der Waals surface area contributed by atoms with E-state index in [4.69, 9.17) is 9.47 Å². The van der Waals surface area contributed by atoms with Gasteiger partial charge in [-0.2, -0.15) is 0 Å². The first kappa shape index (κ1) is 19.0. The van der Waals surface area contributed by atoms with Crippen molar-refractivity contribution in [2.75, 3.05) is 20.8 Å². The van der Waals surface area contributed by atoms with Gasteiger partial charge in [-0.05, 0) is 35.6 Å². The van der Waals surface area contributed by atoms with Crippen LogP contribution in [0.5, 0.6) is 11.5 Å². The second-order valence-electron chi connectivity index (χ2n) is 6.15. The molecule has 1 atom stereocenters. The molecule has 7 heteroatoms. The summed E-state index contributed by atoms with van der Waals surface area (Å²) in [7, 11) is 3.10. The van der Waals surface area contributed by atoms with Crippen molar-refractivity contribution >= 4 is 23.0 Å². The minimum atomic E-state index is -0.693. The van der Waals surface area contributed by atoms with Crippen molar-refractivity contribution < 1.29 is 24.2 Å². The number of Topliss-reactive ketones (excluding diaryl/α,β-unsaturated/α-hetero) is 1. The highest BCUT2D eigenvalue weighted by Gasteiger charge is 2.42. The number of nitrogens with zero attached hydrogens (tertiary/aromatic N) is 1. The first-order chi connectivity index (χ1) is 13.0. The zero-order valence-corrected chi connectivity index (χ0v) is 16.2. The largest absolute Gasteiger partial charge is 0.503 e. The standard InChI is InChI=1S/C20H21NO5S/c1-4-9-26-13-8-7-12(11-14(13)25-3)17-16(19(23)20(24)21(17)2)18(22)15-6-5-10-27-15/h5-8,10-11,17,23H,4,9H2,1-3H3. The van der Waals surface area contributed by atoms with Crippen LogP contribution in [0.1, 0.15) is 34.6 Å². The maximum Gasteiger partial charge on any atom is 0.289 e. The van der Waals surface area contributed by atoms with E-state index in [2.05, 4.69) is 0 Å².